The van der Waals surface area contributed by atoms with Gasteiger partial charge in [0.25, 0.3) is 0 Å². The van der Waals surface area contributed by atoms with Crippen LogP contribution >= 0.6 is 0 Å². The first kappa shape index (κ1) is 9.82. The third kappa shape index (κ3) is 0.896. The number of hydrogen-bond acceptors (Lipinski definition) is 3. The van der Waals surface area contributed by atoms with Crippen molar-refractivity contribution in [2.75, 3.05) is 6.61 Å². The maximum atomic E-state index is 12.1. The van der Waals surface area contributed by atoms with Gasteiger partial charge in [-0.1, -0.05) is 12.2 Å². The lowest BCUT2D eigenvalue weighted by Crippen LogP contribution is -2.39. The molecule has 1 saturated carbocycles. The average Bonchev–Trinajstić information content (AvgIpc) is 2.78. The third-order valence-electron chi connectivity index (χ3n) is 4.28. The van der Waals surface area contributed by atoms with Crippen molar-refractivity contribution in [3.05, 3.63) is 24.3 Å². The fraction of sp³-hybridized carbons (Fsp3) is 0.538. The van der Waals surface area contributed by atoms with Gasteiger partial charge in [-0.05, 0) is 12.8 Å². The lowest BCUT2D eigenvalue weighted by atomic mass is 9.63. The predicted molar refractivity (Wildman–Crippen MR) is 57.5 cm³/mol. The zero-order valence-electron chi connectivity index (χ0n) is 9.07. The van der Waals surface area contributed by atoms with Crippen molar-refractivity contribution in [1.29, 1.82) is 0 Å². The van der Waals surface area contributed by atoms with Gasteiger partial charge in [0.15, 0.2) is 5.78 Å². The standard InChI is InChI=1S/C13H14O3/c1-2-8-6-11(14)10-5-3-4-9-7-16-12(15)13(8,9)10/h2,5,8-9H,1,3-4,6-7H2/t8-,9+,13-/m0/s1. The third-order valence-corrected chi connectivity index (χ3v) is 4.28. The van der Waals surface area contributed by atoms with Crippen LogP contribution < -0.4 is 0 Å². The normalized spacial score (nSPS) is 41.1. The molecule has 0 aromatic rings. The van der Waals surface area contributed by atoms with Crippen LogP contribution in [0.5, 0.6) is 0 Å². The molecule has 0 aromatic carbocycles. The first-order chi connectivity index (χ1) is 7.71. The summed E-state index contributed by atoms with van der Waals surface area (Å²) in [6.45, 7) is 4.24. The van der Waals surface area contributed by atoms with E-state index < -0.39 is 5.41 Å². The van der Waals surface area contributed by atoms with Crippen LogP contribution in [0.15, 0.2) is 24.3 Å². The van der Waals surface area contributed by atoms with E-state index in [2.05, 4.69) is 6.58 Å². The van der Waals surface area contributed by atoms with Crippen molar-refractivity contribution in [2.45, 2.75) is 19.3 Å². The Kier molecular flexibility index (Phi) is 1.88. The van der Waals surface area contributed by atoms with Gasteiger partial charge < -0.3 is 4.74 Å². The second-order valence-corrected chi connectivity index (χ2v) is 4.83. The van der Waals surface area contributed by atoms with Gasteiger partial charge in [-0.2, -0.15) is 0 Å². The summed E-state index contributed by atoms with van der Waals surface area (Å²) in [5.74, 6) is 0.00801. The summed E-state index contributed by atoms with van der Waals surface area (Å²) in [6.07, 6.45) is 5.93. The molecule has 1 heterocycles. The quantitative estimate of drug-likeness (QED) is 0.496. The van der Waals surface area contributed by atoms with E-state index in [0.717, 1.165) is 12.8 Å². The molecule has 3 atom stereocenters. The minimum absolute atomic E-state index is 0.0634. The zero-order valence-corrected chi connectivity index (χ0v) is 9.07. The number of cyclic esters (lactones) is 1. The van der Waals surface area contributed by atoms with E-state index in [4.69, 9.17) is 4.74 Å². The number of esters is 1. The van der Waals surface area contributed by atoms with Gasteiger partial charge in [-0.15, -0.1) is 6.58 Å². The smallest absolute Gasteiger partial charge is 0.317 e. The molecule has 3 heteroatoms. The molecule has 3 nitrogen and oxygen atoms in total. The van der Waals surface area contributed by atoms with Gasteiger partial charge in [0.1, 0.15) is 5.41 Å². The van der Waals surface area contributed by atoms with E-state index in [1.54, 1.807) is 6.08 Å². The molecule has 3 rings (SSSR count). The summed E-state index contributed by atoms with van der Waals surface area (Å²) in [7, 11) is 0. The number of ketones is 1. The molecule has 0 unspecified atom stereocenters. The summed E-state index contributed by atoms with van der Waals surface area (Å²) in [6, 6.07) is 0. The molecule has 3 aliphatic rings. The predicted octanol–water partition coefficient (Wildman–Crippen LogP) is 1.64. The highest BCUT2D eigenvalue weighted by atomic mass is 16.5. The number of carbonyl (C=O) groups excluding carboxylic acids is 2. The Morgan fingerprint density at radius 2 is 2.31 bits per heavy atom. The number of ether oxygens (including phenoxy) is 1. The highest BCUT2D eigenvalue weighted by Crippen LogP contribution is 2.58. The van der Waals surface area contributed by atoms with Gasteiger partial charge >= 0.3 is 5.97 Å². The summed E-state index contributed by atoms with van der Waals surface area (Å²) in [4.78, 5) is 24.0. The van der Waals surface area contributed by atoms with Crippen LogP contribution in [0.1, 0.15) is 19.3 Å². The number of allylic oxidation sites excluding steroid dienone is 2. The topological polar surface area (TPSA) is 43.4 Å². The van der Waals surface area contributed by atoms with Crippen molar-refractivity contribution in [3.8, 4) is 0 Å². The van der Waals surface area contributed by atoms with E-state index in [9.17, 15) is 9.59 Å². The summed E-state index contributed by atoms with van der Waals surface area (Å²) in [5, 5.41) is 0. The fourth-order valence-electron chi connectivity index (χ4n) is 3.57. The summed E-state index contributed by atoms with van der Waals surface area (Å²) >= 11 is 0. The highest BCUT2D eigenvalue weighted by Gasteiger charge is 2.64. The highest BCUT2D eigenvalue weighted by molar-refractivity contribution is 6.07. The van der Waals surface area contributed by atoms with Gasteiger partial charge in [-0.3, -0.25) is 9.59 Å². The van der Waals surface area contributed by atoms with Gasteiger partial charge in [-0.25, -0.2) is 0 Å². The van der Waals surface area contributed by atoms with Crippen LogP contribution in [-0.4, -0.2) is 18.4 Å². The minimum Gasteiger partial charge on any atom is -0.465 e. The zero-order chi connectivity index (χ0) is 11.3. The second kappa shape index (κ2) is 3.06. The van der Waals surface area contributed by atoms with Gasteiger partial charge in [0.2, 0.25) is 0 Å². The summed E-state index contributed by atoms with van der Waals surface area (Å²) in [5.41, 5.74) is 0.0352. The Hall–Kier alpha value is -1.38. The average molecular weight is 218 g/mol. The Morgan fingerprint density at radius 1 is 1.50 bits per heavy atom. The minimum atomic E-state index is -0.670. The van der Waals surface area contributed by atoms with Crippen LogP contribution in [0.3, 0.4) is 0 Å². The van der Waals surface area contributed by atoms with Crippen LogP contribution in [0.4, 0.5) is 0 Å². The molecule has 2 aliphatic carbocycles. The van der Waals surface area contributed by atoms with E-state index >= 15 is 0 Å². The Balaban J connectivity index is 2.21. The van der Waals surface area contributed by atoms with Crippen LogP contribution in [-0.2, 0) is 14.3 Å². The van der Waals surface area contributed by atoms with Crippen molar-refractivity contribution in [1.82, 2.24) is 0 Å². The van der Waals surface area contributed by atoms with Crippen molar-refractivity contribution in [2.24, 2.45) is 17.3 Å². The molecule has 1 spiro atoms. The van der Waals surface area contributed by atoms with Crippen molar-refractivity contribution >= 4 is 11.8 Å². The first-order valence-electron chi connectivity index (χ1n) is 5.75. The summed E-state index contributed by atoms with van der Waals surface area (Å²) < 4.78 is 5.21. The maximum Gasteiger partial charge on any atom is 0.317 e. The molecule has 2 fully saturated rings. The van der Waals surface area contributed by atoms with E-state index in [0.29, 0.717) is 18.6 Å². The lowest BCUT2D eigenvalue weighted by Gasteiger charge is -2.34. The van der Waals surface area contributed by atoms with Crippen molar-refractivity contribution < 1.29 is 14.3 Å². The van der Waals surface area contributed by atoms with E-state index in [1.807, 2.05) is 6.08 Å². The maximum absolute atomic E-state index is 12.1. The van der Waals surface area contributed by atoms with Crippen LogP contribution in [0, 0.1) is 17.3 Å². The van der Waals surface area contributed by atoms with Crippen LogP contribution in [0.2, 0.25) is 0 Å². The van der Waals surface area contributed by atoms with Crippen LogP contribution in [0.25, 0.3) is 0 Å². The molecule has 0 N–H and O–H groups in total. The molecule has 1 aliphatic heterocycles. The fourth-order valence-corrected chi connectivity index (χ4v) is 3.57. The number of Topliss-reactive ketones (excluding diaryl/α,β-unsaturated/α-hetero) is 1. The Bertz CT molecular complexity index is 421. The lowest BCUT2D eigenvalue weighted by molar-refractivity contribution is -0.146. The largest absolute Gasteiger partial charge is 0.465 e. The number of rotatable bonds is 1. The van der Waals surface area contributed by atoms with Gasteiger partial charge in [0.05, 0.1) is 6.61 Å². The Morgan fingerprint density at radius 3 is 3.06 bits per heavy atom. The van der Waals surface area contributed by atoms with Gasteiger partial charge in [0, 0.05) is 23.8 Å². The number of carbonyl (C=O) groups is 2. The molecule has 0 amide bonds. The van der Waals surface area contributed by atoms with E-state index in [-0.39, 0.29) is 23.6 Å². The molecule has 0 aromatic heterocycles. The SMILES string of the molecule is C=C[C@H]1CC(=O)C2=CCC[C@@H]3COC(=O)[C@]231. The van der Waals surface area contributed by atoms with E-state index in [1.165, 1.54) is 0 Å². The van der Waals surface area contributed by atoms with Crippen molar-refractivity contribution in [3.63, 3.8) is 0 Å². The molecule has 0 bridgehead atoms. The first-order valence-corrected chi connectivity index (χ1v) is 5.75. The molecule has 0 radical (unpaired) electrons. The monoisotopic (exact) mass is 218 g/mol. The molecule has 16 heavy (non-hydrogen) atoms. The molecule has 84 valence electrons. The molecular weight excluding hydrogens is 204 g/mol. The Labute approximate surface area is 94.2 Å². The molecular formula is C13H14O3. The number of hydrogen-bond donors (Lipinski definition) is 0. The second-order valence-electron chi connectivity index (χ2n) is 4.83. The molecule has 1 saturated heterocycles.